The molecule has 0 unspecified atom stereocenters. The van der Waals surface area contributed by atoms with Crippen molar-refractivity contribution in [2.24, 2.45) is 0 Å². The molecule has 7 heteroatoms. The molecule has 1 aliphatic heterocycles. The summed E-state index contributed by atoms with van der Waals surface area (Å²) in [7, 11) is 1.35. The van der Waals surface area contributed by atoms with E-state index in [1.165, 1.54) is 18.4 Å². The number of carbonyl (C=O) groups is 2. The van der Waals surface area contributed by atoms with Gasteiger partial charge in [-0.2, -0.15) is 5.26 Å². The van der Waals surface area contributed by atoms with Gasteiger partial charge in [0.25, 0.3) is 5.91 Å². The summed E-state index contributed by atoms with van der Waals surface area (Å²) in [6, 6.07) is 15.5. The van der Waals surface area contributed by atoms with Gasteiger partial charge >= 0.3 is 6.09 Å². The fourth-order valence-corrected chi connectivity index (χ4v) is 4.70. The molecule has 0 fully saturated rings. The second-order valence-electron chi connectivity index (χ2n) is 6.44. The predicted molar refractivity (Wildman–Crippen MR) is 107 cm³/mol. The third-order valence-electron chi connectivity index (χ3n) is 4.86. The molecule has 28 heavy (non-hydrogen) atoms. The summed E-state index contributed by atoms with van der Waals surface area (Å²) >= 11 is 1.34. The first-order chi connectivity index (χ1) is 13.6. The molecule has 0 saturated carbocycles. The van der Waals surface area contributed by atoms with E-state index in [0.717, 1.165) is 21.2 Å². The van der Waals surface area contributed by atoms with Gasteiger partial charge in [0.1, 0.15) is 11.1 Å². The lowest BCUT2D eigenvalue weighted by atomic mass is 10.0. The van der Waals surface area contributed by atoms with E-state index in [-0.39, 0.29) is 12.0 Å². The molecule has 1 aliphatic rings. The maximum Gasteiger partial charge on any atom is 0.409 e. The standard InChI is InChI=1S/C21H17N3O3S/c1-27-21(26)24-10-9-15-17(11-22)20(28-18(15)12-24)23-19(25)16-8-4-6-13-5-2-3-7-14(13)16/h2-8H,9-10,12H2,1H3,(H,23,25). The van der Waals surface area contributed by atoms with E-state index < -0.39 is 0 Å². The molecule has 0 radical (unpaired) electrons. The molecule has 0 aliphatic carbocycles. The van der Waals surface area contributed by atoms with Crippen molar-refractivity contribution in [3.05, 3.63) is 64.0 Å². The molecule has 1 aromatic heterocycles. The van der Waals surface area contributed by atoms with E-state index in [9.17, 15) is 14.9 Å². The first-order valence-electron chi connectivity index (χ1n) is 8.79. The van der Waals surface area contributed by atoms with Crippen LogP contribution in [0.15, 0.2) is 42.5 Å². The van der Waals surface area contributed by atoms with Crippen molar-refractivity contribution in [1.82, 2.24) is 4.90 Å². The molecule has 2 aromatic carbocycles. The van der Waals surface area contributed by atoms with Crippen LogP contribution in [0.25, 0.3) is 10.8 Å². The quantitative estimate of drug-likeness (QED) is 0.711. The fourth-order valence-electron chi connectivity index (χ4n) is 3.49. The van der Waals surface area contributed by atoms with Crippen molar-refractivity contribution in [2.75, 3.05) is 19.0 Å². The topological polar surface area (TPSA) is 82.4 Å². The van der Waals surface area contributed by atoms with E-state index in [0.29, 0.717) is 35.6 Å². The molecule has 3 aromatic rings. The third-order valence-corrected chi connectivity index (χ3v) is 6.00. The van der Waals surface area contributed by atoms with E-state index in [2.05, 4.69) is 11.4 Å². The Hall–Kier alpha value is -3.37. The Kier molecular flexibility index (Phi) is 4.72. The first kappa shape index (κ1) is 18.0. The average Bonchev–Trinajstić information content (AvgIpc) is 3.08. The summed E-state index contributed by atoms with van der Waals surface area (Å²) in [6.45, 7) is 0.868. The molecule has 140 valence electrons. The highest BCUT2D eigenvalue weighted by molar-refractivity contribution is 7.16. The summed E-state index contributed by atoms with van der Waals surface area (Å²) in [5.41, 5.74) is 1.95. The van der Waals surface area contributed by atoms with Gasteiger partial charge in [-0.3, -0.25) is 4.79 Å². The highest BCUT2D eigenvalue weighted by Crippen LogP contribution is 2.37. The summed E-state index contributed by atoms with van der Waals surface area (Å²) in [4.78, 5) is 27.2. The highest BCUT2D eigenvalue weighted by Gasteiger charge is 2.28. The van der Waals surface area contributed by atoms with Crippen LogP contribution in [0.5, 0.6) is 0 Å². The molecule has 1 N–H and O–H groups in total. The lowest BCUT2D eigenvalue weighted by Crippen LogP contribution is -2.35. The highest BCUT2D eigenvalue weighted by atomic mass is 32.1. The van der Waals surface area contributed by atoms with Crippen LogP contribution in [-0.2, 0) is 17.7 Å². The number of ether oxygens (including phenoxy) is 1. The van der Waals surface area contributed by atoms with E-state index in [4.69, 9.17) is 4.74 Å². The number of nitrogens with zero attached hydrogens (tertiary/aromatic N) is 2. The van der Waals surface area contributed by atoms with Crippen LogP contribution < -0.4 is 5.32 Å². The molecule has 0 bridgehead atoms. The van der Waals surface area contributed by atoms with Crippen molar-refractivity contribution < 1.29 is 14.3 Å². The summed E-state index contributed by atoms with van der Waals surface area (Å²) in [5.74, 6) is -0.253. The normalized spacial score (nSPS) is 12.9. The Balaban J connectivity index is 1.65. The lowest BCUT2D eigenvalue weighted by molar-refractivity contribution is 0.102. The molecule has 2 amide bonds. The number of hydrogen-bond acceptors (Lipinski definition) is 5. The van der Waals surface area contributed by atoms with Crippen LogP contribution in [0.4, 0.5) is 9.80 Å². The molecule has 0 spiro atoms. The van der Waals surface area contributed by atoms with E-state index in [1.807, 2.05) is 36.4 Å². The number of nitriles is 1. The summed E-state index contributed by atoms with van der Waals surface area (Å²) in [5, 5.41) is 14.9. The minimum Gasteiger partial charge on any atom is -0.453 e. The van der Waals surface area contributed by atoms with Gasteiger partial charge in [-0.05, 0) is 28.8 Å². The number of anilines is 1. The van der Waals surface area contributed by atoms with Crippen LogP contribution in [0.1, 0.15) is 26.4 Å². The molecule has 4 rings (SSSR count). The number of benzene rings is 2. The van der Waals surface area contributed by atoms with Crippen LogP contribution in [0, 0.1) is 11.3 Å². The predicted octanol–water partition coefficient (Wildman–Crippen LogP) is 4.15. The van der Waals surface area contributed by atoms with Crippen molar-refractivity contribution in [3.63, 3.8) is 0 Å². The van der Waals surface area contributed by atoms with Crippen molar-refractivity contribution in [2.45, 2.75) is 13.0 Å². The van der Waals surface area contributed by atoms with Gasteiger partial charge in [-0.25, -0.2) is 4.79 Å². The average molecular weight is 391 g/mol. The van der Waals surface area contributed by atoms with Crippen LogP contribution in [-0.4, -0.2) is 30.6 Å². The minimum absolute atomic E-state index is 0.253. The maximum atomic E-state index is 12.9. The zero-order valence-corrected chi connectivity index (χ0v) is 16.0. The zero-order valence-electron chi connectivity index (χ0n) is 15.2. The van der Waals surface area contributed by atoms with E-state index >= 15 is 0 Å². The van der Waals surface area contributed by atoms with Crippen molar-refractivity contribution in [1.29, 1.82) is 5.26 Å². The lowest BCUT2D eigenvalue weighted by Gasteiger charge is -2.25. The Bertz CT molecular complexity index is 1120. The number of rotatable bonds is 2. The van der Waals surface area contributed by atoms with Gasteiger partial charge in [-0.15, -0.1) is 11.3 Å². The molecule has 0 saturated heterocycles. The van der Waals surface area contributed by atoms with Crippen LogP contribution >= 0.6 is 11.3 Å². The Morgan fingerprint density at radius 2 is 2.00 bits per heavy atom. The van der Waals surface area contributed by atoms with Crippen molar-refractivity contribution >= 4 is 39.1 Å². The molecule has 6 nitrogen and oxygen atoms in total. The van der Waals surface area contributed by atoms with Gasteiger partial charge in [0.15, 0.2) is 0 Å². The number of carbonyl (C=O) groups excluding carboxylic acids is 2. The molecule has 2 heterocycles. The Morgan fingerprint density at radius 1 is 1.21 bits per heavy atom. The first-order valence-corrected chi connectivity index (χ1v) is 9.60. The second-order valence-corrected chi connectivity index (χ2v) is 7.55. The SMILES string of the molecule is COC(=O)N1CCc2c(sc(NC(=O)c3cccc4ccccc34)c2C#N)C1. The summed E-state index contributed by atoms with van der Waals surface area (Å²) in [6.07, 6.45) is 0.174. The van der Waals surface area contributed by atoms with Crippen LogP contribution in [0.3, 0.4) is 0 Å². The number of fused-ring (bicyclic) bond motifs is 2. The van der Waals surface area contributed by atoms with Gasteiger partial charge in [0.05, 0.1) is 19.2 Å². The molecular formula is C21H17N3O3S. The number of nitrogens with one attached hydrogen (secondary N) is 1. The van der Waals surface area contributed by atoms with Gasteiger partial charge in [0, 0.05) is 17.0 Å². The number of thiophene rings is 1. The van der Waals surface area contributed by atoms with E-state index in [1.54, 1.807) is 11.0 Å². The number of methoxy groups -OCH3 is 1. The van der Waals surface area contributed by atoms with Gasteiger partial charge < -0.3 is 15.0 Å². The third kappa shape index (κ3) is 3.08. The maximum absolute atomic E-state index is 12.9. The molecule has 0 atom stereocenters. The van der Waals surface area contributed by atoms with Gasteiger partial charge in [-0.1, -0.05) is 36.4 Å². The zero-order chi connectivity index (χ0) is 19.7. The smallest absolute Gasteiger partial charge is 0.409 e. The monoisotopic (exact) mass is 391 g/mol. The van der Waals surface area contributed by atoms with Gasteiger partial charge in [0.2, 0.25) is 0 Å². The summed E-state index contributed by atoms with van der Waals surface area (Å²) < 4.78 is 4.79. The Labute approximate surface area is 165 Å². The van der Waals surface area contributed by atoms with Crippen LogP contribution in [0.2, 0.25) is 0 Å². The fraction of sp³-hybridized carbons (Fsp3) is 0.190. The molecular weight excluding hydrogens is 374 g/mol. The largest absolute Gasteiger partial charge is 0.453 e. The Morgan fingerprint density at radius 3 is 2.79 bits per heavy atom. The van der Waals surface area contributed by atoms with Crippen molar-refractivity contribution in [3.8, 4) is 6.07 Å². The number of amides is 2. The second kappa shape index (κ2) is 7.33. The minimum atomic E-state index is -0.390. The number of hydrogen-bond donors (Lipinski definition) is 1.